The SMILES string of the molecule is CCOC(=O)c1cccc(C)c1N=C(N)N=C(N)N. The summed E-state index contributed by atoms with van der Waals surface area (Å²) in [6.07, 6.45) is 0. The highest BCUT2D eigenvalue weighted by Crippen LogP contribution is 2.24. The van der Waals surface area contributed by atoms with Crippen LogP contribution in [0.1, 0.15) is 22.8 Å². The minimum absolute atomic E-state index is 0.125. The van der Waals surface area contributed by atoms with E-state index in [1.165, 1.54) is 0 Å². The van der Waals surface area contributed by atoms with E-state index in [-0.39, 0.29) is 18.5 Å². The predicted octanol–water partition coefficient (Wildman–Crippen LogP) is 0.391. The summed E-state index contributed by atoms with van der Waals surface area (Å²) in [5, 5.41) is 0. The van der Waals surface area contributed by atoms with Gasteiger partial charge in [-0.1, -0.05) is 12.1 Å². The molecule has 0 amide bonds. The smallest absolute Gasteiger partial charge is 0.340 e. The van der Waals surface area contributed by atoms with E-state index in [0.29, 0.717) is 11.3 Å². The van der Waals surface area contributed by atoms with E-state index in [1.54, 1.807) is 32.0 Å². The Hall–Kier alpha value is -2.57. The van der Waals surface area contributed by atoms with Gasteiger partial charge in [-0.05, 0) is 25.5 Å². The van der Waals surface area contributed by atoms with Gasteiger partial charge in [0.25, 0.3) is 0 Å². The van der Waals surface area contributed by atoms with E-state index in [0.717, 1.165) is 5.56 Å². The third-order valence-corrected chi connectivity index (χ3v) is 2.20. The van der Waals surface area contributed by atoms with Crippen LogP contribution in [-0.4, -0.2) is 24.5 Å². The third-order valence-electron chi connectivity index (χ3n) is 2.20. The van der Waals surface area contributed by atoms with Crippen molar-refractivity contribution in [2.45, 2.75) is 13.8 Å². The number of ether oxygens (including phenoxy) is 1. The molecule has 1 rings (SSSR count). The molecule has 0 atom stereocenters. The van der Waals surface area contributed by atoms with Gasteiger partial charge in [0.2, 0.25) is 5.96 Å². The van der Waals surface area contributed by atoms with Crippen LogP contribution in [0.3, 0.4) is 0 Å². The normalized spacial score (nSPS) is 10.9. The molecule has 0 bridgehead atoms. The average Bonchev–Trinajstić information content (AvgIpc) is 2.31. The molecule has 7 nitrogen and oxygen atoms in total. The van der Waals surface area contributed by atoms with Crippen LogP contribution in [0.5, 0.6) is 0 Å². The highest BCUT2D eigenvalue weighted by Gasteiger charge is 2.14. The van der Waals surface area contributed by atoms with Gasteiger partial charge in [0.15, 0.2) is 5.96 Å². The molecule has 0 saturated carbocycles. The fourth-order valence-corrected chi connectivity index (χ4v) is 1.45. The molecule has 7 heteroatoms. The number of aryl methyl sites for hydroxylation is 1. The lowest BCUT2D eigenvalue weighted by Gasteiger charge is -2.08. The van der Waals surface area contributed by atoms with Crippen molar-refractivity contribution in [1.29, 1.82) is 0 Å². The van der Waals surface area contributed by atoms with Crippen LogP contribution in [0.15, 0.2) is 28.2 Å². The van der Waals surface area contributed by atoms with Crippen LogP contribution in [0, 0.1) is 6.92 Å². The maximum Gasteiger partial charge on any atom is 0.340 e. The van der Waals surface area contributed by atoms with Crippen molar-refractivity contribution in [2.24, 2.45) is 27.2 Å². The number of carbonyl (C=O) groups is 1. The Labute approximate surface area is 111 Å². The van der Waals surface area contributed by atoms with E-state index >= 15 is 0 Å². The number of hydrogen-bond donors (Lipinski definition) is 3. The predicted molar refractivity (Wildman–Crippen MR) is 74.2 cm³/mol. The Morgan fingerprint density at radius 3 is 2.58 bits per heavy atom. The molecule has 0 saturated heterocycles. The van der Waals surface area contributed by atoms with Crippen molar-refractivity contribution in [1.82, 2.24) is 0 Å². The summed E-state index contributed by atoms with van der Waals surface area (Å²) in [5.41, 5.74) is 17.5. The van der Waals surface area contributed by atoms with Crippen LogP contribution >= 0.6 is 0 Å². The number of hydrogen-bond acceptors (Lipinski definition) is 3. The summed E-state index contributed by atoms with van der Waals surface area (Å²) in [4.78, 5) is 19.5. The summed E-state index contributed by atoms with van der Waals surface area (Å²) in [6.45, 7) is 3.80. The first-order valence-electron chi connectivity index (χ1n) is 5.66. The monoisotopic (exact) mass is 263 g/mol. The molecule has 0 aromatic heterocycles. The highest BCUT2D eigenvalue weighted by atomic mass is 16.5. The molecule has 19 heavy (non-hydrogen) atoms. The molecular weight excluding hydrogens is 246 g/mol. The largest absolute Gasteiger partial charge is 0.462 e. The Bertz CT molecular complexity index is 533. The number of nitrogens with zero attached hydrogens (tertiary/aromatic N) is 2. The first-order valence-corrected chi connectivity index (χ1v) is 5.66. The lowest BCUT2D eigenvalue weighted by Crippen LogP contribution is -2.26. The van der Waals surface area contributed by atoms with Crippen molar-refractivity contribution in [3.05, 3.63) is 29.3 Å². The molecule has 0 spiro atoms. The first kappa shape index (κ1) is 14.5. The average molecular weight is 263 g/mol. The van der Waals surface area contributed by atoms with E-state index in [9.17, 15) is 4.79 Å². The van der Waals surface area contributed by atoms with E-state index in [4.69, 9.17) is 21.9 Å². The van der Waals surface area contributed by atoms with Crippen molar-refractivity contribution in [2.75, 3.05) is 6.61 Å². The van der Waals surface area contributed by atoms with E-state index < -0.39 is 5.97 Å². The van der Waals surface area contributed by atoms with Crippen LogP contribution in [0.4, 0.5) is 5.69 Å². The summed E-state index contributed by atoms with van der Waals surface area (Å²) in [6, 6.07) is 5.13. The Morgan fingerprint density at radius 1 is 1.32 bits per heavy atom. The fraction of sp³-hybridized carbons (Fsp3) is 0.250. The molecule has 0 unspecified atom stereocenters. The number of esters is 1. The Balaban J connectivity index is 3.26. The Morgan fingerprint density at radius 2 is 2.00 bits per heavy atom. The topological polar surface area (TPSA) is 129 Å². The summed E-state index contributed by atoms with van der Waals surface area (Å²) < 4.78 is 4.95. The van der Waals surface area contributed by atoms with Crippen molar-refractivity contribution in [3.63, 3.8) is 0 Å². The second-order valence-corrected chi connectivity index (χ2v) is 3.70. The van der Waals surface area contributed by atoms with Crippen LogP contribution in [-0.2, 0) is 4.74 Å². The van der Waals surface area contributed by atoms with Crippen LogP contribution < -0.4 is 17.2 Å². The first-order chi connectivity index (χ1) is 8.95. The van der Waals surface area contributed by atoms with Gasteiger partial charge in [-0.15, -0.1) is 0 Å². The summed E-state index contributed by atoms with van der Waals surface area (Å²) >= 11 is 0. The number of guanidine groups is 2. The summed E-state index contributed by atoms with van der Waals surface area (Å²) in [7, 11) is 0. The lowest BCUT2D eigenvalue weighted by atomic mass is 10.1. The van der Waals surface area contributed by atoms with Gasteiger partial charge in [0.1, 0.15) is 0 Å². The summed E-state index contributed by atoms with van der Waals surface area (Å²) in [5.74, 6) is -0.796. The fourth-order valence-electron chi connectivity index (χ4n) is 1.45. The van der Waals surface area contributed by atoms with Gasteiger partial charge in [-0.2, -0.15) is 4.99 Å². The number of benzene rings is 1. The van der Waals surface area contributed by atoms with Gasteiger partial charge < -0.3 is 21.9 Å². The molecule has 1 aromatic carbocycles. The molecule has 0 aliphatic heterocycles. The van der Waals surface area contributed by atoms with Crippen LogP contribution in [0.25, 0.3) is 0 Å². The Kier molecular flexibility index (Phi) is 4.87. The van der Waals surface area contributed by atoms with Gasteiger partial charge in [-0.3, -0.25) is 0 Å². The highest BCUT2D eigenvalue weighted by molar-refractivity contribution is 5.99. The van der Waals surface area contributed by atoms with E-state index in [1.807, 2.05) is 0 Å². The second-order valence-electron chi connectivity index (χ2n) is 3.70. The standard InChI is InChI=1S/C12H17N5O2/c1-3-19-10(18)8-6-4-5-7(2)9(8)16-12(15)17-11(13)14/h4-6H,3H2,1-2H3,(H6,13,14,15,16,17). The lowest BCUT2D eigenvalue weighted by molar-refractivity contribution is 0.0527. The minimum atomic E-state index is -0.470. The molecule has 102 valence electrons. The molecule has 0 heterocycles. The molecular formula is C12H17N5O2. The number of nitrogens with two attached hydrogens (primary N) is 3. The quantitative estimate of drug-likeness (QED) is 0.412. The zero-order chi connectivity index (χ0) is 14.4. The van der Waals surface area contributed by atoms with Crippen molar-refractivity contribution >= 4 is 23.6 Å². The van der Waals surface area contributed by atoms with Crippen LogP contribution in [0.2, 0.25) is 0 Å². The second kappa shape index (κ2) is 6.39. The molecule has 1 aromatic rings. The molecule has 0 aliphatic carbocycles. The van der Waals surface area contributed by atoms with Crippen molar-refractivity contribution < 1.29 is 9.53 Å². The van der Waals surface area contributed by atoms with E-state index in [2.05, 4.69) is 9.98 Å². The maximum absolute atomic E-state index is 11.8. The zero-order valence-electron chi connectivity index (χ0n) is 10.9. The molecule has 0 aliphatic rings. The number of carbonyl (C=O) groups excluding carboxylic acids is 1. The maximum atomic E-state index is 11.8. The number of aliphatic imine (C=N–C) groups is 2. The molecule has 0 radical (unpaired) electrons. The number of para-hydroxylation sites is 1. The van der Waals surface area contributed by atoms with Gasteiger partial charge in [0, 0.05) is 0 Å². The number of rotatable bonds is 3. The molecule has 0 fully saturated rings. The van der Waals surface area contributed by atoms with Gasteiger partial charge in [-0.25, -0.2) is 9.79 Å². The van der Waals surface area contributed by atoms with Crippen molar-refractivity contribution in [3.8, 4) is 0 Å². The third kappa shape index (κ3) is 3.98. The molecule has 6 N–H and O–H groups in total. The zero-order valence-corrected chi connectivity index (χ0v) is 10.9. The van der Waals surface area contributed by atoms with Gasteiger partial charge >= 0.3 is 5.97 Å². The van der Waals surface area contributed by atoms with Gasteiger partial charge in [0.05, 0.1) is 17.9 Å². The minimum Gasteiger partial charge on any atom is -0.462 e.